The van der Waals surface area contributed by atoms with Gasteiger partial charge in [0.1, 0.15) is 23.0 Å². The lowest BCUT2D eigenvalue weighted by Gasteiger charge is -2.28. The van der Waals surface area contributed by atoms with Crippen LogP contribution < -0.4 is 0 Å². The maximum Gasteiger partial charge on any atom is 0.273 e. The minimum atomic E-state index is -0.651. The number of carbonyl (C=O) groups is 1. The zero-order valence-corrected chi connectivity index (χ0v) is 17.5. The lowest BCUT2D eigenvalue weighted by molar-refractivity contribution is 0.0492. The number of nitrogens with zero attached hydrogens (tertiary/aromatic N) is 2. The molecule has 160 valence electrons. The number of amides is 1. The zero-order valence-electron chi connectivity index (χ0n) is 17.5. The van der Waals surface area contributed by atoms with Crippen molar-refractivity contribution in [2.75, 3.05) is 13.2 Å². The lowest BCUT2D eigenvalue weighted by Crippen LogP contribution is -2.36. The van der Waals surface area contributed by atoms with Crippen LogP contribution in [0, 0.1) is 19.7 Å². The molecule has 2 aliphatic rings. The van der Waals surface area contributed by atoms with Gasteiger partial charge in [0.25, 0.3) is 5.91 Å². The highest BCUT2D eigenvalue weighted by Gasteiger charge is 2.44. The van der Waals surface area contributed by atoms with E-state index >= 15 is 0 Å². The van der Waals surface area contributed by atoms with Crippen molar-refractivity contribution in [3.63, 3.8) is 0 Å². The minimum Gasteiger partial charge on any atom is -0.507 e. The number of benzene rings is 2. The molecular weight excluding hydrogens is 397 g/mol. The number of carbonyl (C=O) groups excluding carboxylic acids is 1. The molecule has 3 aromatic rings. The van der Waals surface area contributed by atoms with E-state index in [-0.39, 0.29) is 23.6 Å². The summed E-state index contributed by atoms with van der Waals surface area (Å²) in [5.41, 5.74) is 4.12. The monoisotopic (exact) mass is 421 g/mol. The highest BCUT2D eigenvalue weighted by atomic mass is 19.1. The van der Waals surface area contributed by atoms with Gasteiger partial charge in [0.2, 0.25) is 0 Å². The number of halogens is 1. The van der Waals surface area contributed by atoms with Gasteiger partial charge in [-0.1, -0.05) is 24.3 Å². The molecule has 3 heterocycles. The van der Waals surface area contributed by atoms with Crippen molar-refractivity contribution in [3.05, 3.63) is 70.2 Å². The van der Waals surface area contributed by atoms with Gasteiger partial charge in [0, 0.05) is 29.8 Å². The summed E-state index contributed by atoms with van der Waals surface area (Å²) in [6.45, 7) is 4.84. The summed E-state index contributed by atoms with van der Waals surface area (Å²) in [6.07, 6.45) is 1.74. The maximum absolute atomic E-state index is 15.0. The van der Waals surface area contributed by atoms with Crippen LogP contribution in [-0.4, -0.2) is 45.4 Å². The Bertz CT molecular complexity index is 1140. The molecule has 0 aliphatic carbocycles. The third-order valence-electron chi connectivity index (χ3n) is 6.18. The molecule has 31 heavy (non-hydrogen) atoms. The molecule has 5 rings (SSSR count). The number of aromatic hydroxyl groups is 1. The minimum absolute atomic E-state index is 0.0758. The van der Waals surface area contributed by atoms with Crippen molar-refractivity contribution in [2.24, 2.45) is 0 Å². The van der Waals surface area contributed by atoms with Crippen LogP contribution >= 0.6 is 0 Å². The summed E-state index contributed by atoms with van der Waals surface area (Å²) >= 11 is 0. The molecule has 2 unspecified atom stereocenters. The van der Waals surface area contributed by atoms with Gasteiger partial charge in [-0.2, -0.15) is 5.10 Å². The fraction of sp³-hybridized carbons (Fsp3) is 0.333. The van der Waals surface area contributed by atoms with E-state index < -0.39 is 6.04 Å². The second-order valence-corrected chi connectivity index (χ2v) is 8.35. The Morgan fingerprint density at radius 2 is 2.10 bits per heavy atom. The van der Waals surface area contributed by atoms with Crippen LogP contribution in [0.25, 0.3) is 11.3 Å². The highest BCUT2D eigenvalue weighted by Crippen LogP contribution is 2.46. The van der Waals surface area contributed by atoms with Crippen molar-refractivity contribution in [1.29, 1.82) is 0 Å². The summed E-state index contributed by atoms with van der Waals surface area (Å²) in [7, 11) is 0. The van der Waals surface area contributed by atoms with E-state index in [9.17, 15) is 14.3 Å². The quantitative estimate of drug-likeness (QED) is 0.660. The molecule has 2 N–H and O–H groups in total. The first-order valence-corrected chi connectivity index (χ1v) is 10.5. The van der Waals surface area contributed by atoms with Crippen molar-refractivity contribution in [2.45, 2.75) is 38.8 Å². The second-order valence-electron chi connectivity index (χ2n) is 8.35. The summed E-state index contributed by atoms with van der Waals surface area (Å²) < 4.78 is 20.7. The summed E-state index contributed by atoms with van der Waals surface area (Å²) in [6, 6.07) is 9.46. The SMILES string of the molecule is Cc1cc(C)c(-c2n[nH]c3c2C(c2ccccc2F)N(CC2CCCO2)C3=O)c(O)c1. The Kier molecular flexibility index (Phi) is 4.78. The Labute approximate surface area is 179 Å². The smallest absolute Gasteiger partial charge is 0.273 e. The van der Waals surface area contributed by atoms with Gasteiger partial charge in [0.15, 0.2) is 0 Å². The second kappa shape index (κ2) is 7.50. The van der Waals surface area contributed by atoms with Gasteiger partial charge in [0.05, 0.1) is 12.1 Å². The number of ether oxygens (including phenoxy) is 1. The van der Waals surface area contributed by atoms with Crippen LogP contribution in [0.1, 0.15) is 51.6 Å². The van der Waals surface area contributed by atoms with E-state index in [1.54, 1.807) is 29.2 Å². The third-order valence-corrected chi connectivity index (χ3v) is 6.18. The number of aromatic amines is 1. The summed E-state index contributed by atoms with van der Waals surface area (Å²) in [5, 5.41) is 18.0. The van der Waals surface area contributed by atoms with E-state index in [1.165, 1.54) is 6.07 Å². The topological polar surface area (TPSA) is 78.5 Å². The van der Waals surface area contributed by atoms with E-state index in [2.05, 4.69) is 10.2 Å². The number of phenolic OH excluding ortho intramolecular Hbond substituents is 1. The van der Waals surface area contributed by atoms with Gasteiger partial charge in [-0.25, -0.2) is 4.39 Å². The fourth-order valence-electron chi connectivity index (χ4n) is 4.86. The number of phenols is 1. The van der Waals surface area contributed by atoms with Crippen molar-refractivity contribution < 1.29 is 19.0 Å². The maximum atomic E-state index is 15.0. The number of hydrogen-bond acceptors (Lipinski definition) is 4. The number of H-pyrrole nitrogens is 1. The first-order chi connectivity index (χ1) is 15.0. The zero-order chi connectivity index (χ0) is 21.7. The molecule has 0 spiro atoms. The van der Waals surface area contributed by atoms with Crippen LogP contribution in [0.3, 0.4) is 0 Å². The van der Waals surface area contributed by atoms with E-state index in [0.717, 1.165) is 24.0 Å². The average molecular weight is 421 g/mol. The van der Waals surface area contributed by atoms with Gasteiger partial charge < -0.3 is 14.7 Å². The summed E-state index contributed by atoms with van der Waals surface area (Å²) in [5.74, 6) is -0.534. The molecule has 7 heteroatoms. The molecule has 0 radical (unpaired) electrons. The van der Waals surface area contributed by atoms with Crippen LogP contribution in [0.5, 0.6) is 5.75 Å². The largest absolute Gasteiger partial charge is 0.507 e. The molecule has 2 atom stereocenters. The number of aryl methyl sites for hydroxylation is 2. The Hall–Kier alpha value is -3.19. The molecule has 1 aromatic heterocycles. The number of nitrogens with one attached hydrogen (secondary N) is 1. The molecule has 1 amide bonds. The first-order valence-electron chi connectivity index (χ1n) is 10.5. The molecule has 0 saturated carbocycles. The molecule has 2 aliphatic heterocycles. The third kappa shape index (κ3) is 3.20. The highest BCUT2D eigenvalue weighted by molar-refractivity contribution is 6.00. The fourth-order valence-corrected chi connectivity index (χ4v) is 4.86. The molecule has 0 bridgehead atoms. The summed E-state index contributed by atoms with van der Waals surface area (Å²) in [4.78, 5) is 15.0. The van der Waals surface area contributed by atoms with Crippen molar-refractivity contribution in [3.8, 4) is 17.0 Å². The van der Waals surface area contributed by atoms with E-state index in [0.29, 0.717) is 41.2 Å². The van der Waals surface area contributed by atoms with E-state index in [1.807, 2.05) is 19.9 Å². The van der Waals surface area contributed by atoms with Crippen LogP contribution in [0.4, 0.5) is 4.39 Å². The standard InChI is InChI=1S/C24H24FN3O3/c1-13-10-14(2)19(18(29)11-13)21-20-22(27-26-21)24(30)28(12-15-6-5-9-31-15)23(20)16-7-3-4-8-17(16)25/h3-4,7-8,10-11,15,23,29H,5-6,9,12H2,1-2H3,(H,26,27). The number of fused-ring (bicyclic) bond motifs is 1. The van der Waals surface area contributed by atoms with Gasteiger partial charge in [-0.3, -0.25) is 9.89 Å². The molecule has 1 saturated heterocycles. The Balaban J connectivity index is 1.69. The van der Waals surface area contributed by atoms with Gasteiger partial charge in [-0.15, -0.1) is 0 Å². The molecule has 1 fully saturated rings. The van der Waals surface area contributed by atoms with Crippen molar-refractivity contribution >= 4 is 5.91 Å². The number of hydrogen-bond donors (Lipinski definition) is 2. The number of rotatable bonds is 4. The molecule has 2 aromatic carbocycles. The average Bonchev–Trinajstić information content (AvgIpc) is 3.43. The predicted molar refractivity (Wildman–Crippen MR) is 113 cm³/mol. The number of aromatic nitrogens is 2. The van der Waals surface area contributed by atoms with E-state index in [4.69, 9.17) is 4.74 Å². The van der Waals surface area contributed by atoms with Crippen LogP contribution in [0.15, 0.2) is 36.4 Å². The predicted octanol–water partition coefficient (Wildman–Crippen LogP) is 4.26. The Morgan fingerprint density at radius 1 is 1.29 bits per heavy atom. The van der Waals surface area contributed by atoms with Crippen molar-refractivity contribution in [1.82, 2.24) is 15.1 Å². The van der Waals surface area contributed by atoms with Crippen LogP contribution in [0.2, 0.25) is 0 Å². The Morgan fingerprint density at radius 3 is 2.81 bits per heavy atom. The lowest BCUT2D eigenvalue weighted by atomic mass is 9.93. The normalized spacial score (nSPS) is 20.5. The first kappa shape index (κ1) is 19.8. The molecular formula is C24H24FN3O3. The molecule has 6 nitrogen and oxygen atoms in total. The van der Waals surface area contributed by atoms with Crippen LogP contribution in [-0.2, 0) is 4.74 Å². The van der Waals surface area contributed by atoms with Gasteiger partial charge >= 0.3 is 0 Å². The van der Waals surface area contributed by atoms with Gasteiger partial charge in [-0.05, 0) is 49.9 Å².